The molecular formula is C12H15ClN2O. The van der Waals surface area contributed by atoms with E-state index in [1.807, 2.05) is 18.2 Å². The molecule has 1 aliphatic heterocycles. The molecule has 0 spiro atoms. The van der Waals surface area contributed by atoms with Gasteiger partial charge in [0.15, 0.2) is 0 Å². The third kappa shape index (κ3) is 2.30. The molecule has 1 atom stereocenters. The van der Waals surface area contributed by atoms with Crippen LogP contribution in [0.15, 0.2) is 23.2 Å². The van der Waals surface area contributed by atoms with Crippen LogP contribution in [0.2, 0.25) is 5.02 Å². The Morgan fingerprint density at radius 2 is 2.31 bits per heavy atom. The fourth-order valence-corrected chi connectivity index (χ4v) is 2.20. The van der Waals surface area contributed by atoms with Crippen molar-refractivity contribution in [3.63, 3.8) is 0 Å². The Hall–Kier alpha value is -1.22. The van der Waals surface area contributed by atoms with Crippen LogP contribution in [0.3, 0.4) is 0 Å². The summed E-state index contributed by atoms with van der Waals surface area (Å²) in [4.78, 5) is 4.44. The molecule has 0 fully saturated rings. The fourth-order valence-electron chi connectivity index (χ4n) is 1.94. The van der Waals surface area contributed by atoms with Crippen molar-refractivity contribution >= 4 is 17.4 Å². The summed E-state index contributed by atoms with van der Waals surface area (Å²) < 4.78 is 5.12. The van der Waals surface area contributed by atoms with Gasteiger partial charge in [-0.25, -0.2) is 0 Å². The van der Waals surface area contributed by atoms with Crippen molar-refractivity contribution in [2.75, 3.05) is 7.11 Å². The zero-order chi connectivity index (χ0) is 11.5. The number of nitrogens with two attached hydrogens (primary N) is 1. The van der Waals surface area contributed by atoms with E-state index in [-0.39, 0.29) is 6.04 Å². The molecule has 1 aromatic carbocycles. The highest BCUT2D eigenvalue weighted by molar-refractivity contribution is 6.32. The van der Waals surface area contributed by atoms with Gasteiger partial charge in [-0.15, -0.1) is 0 Å². The summed E-state index contributed by atoms with van der Waals surface area (Å²) in [5, 5.41) is 0.624. The lowest BCUT2D eigenvalue weighted by Gasteiger charge is -2.19. The second-order valence-corrected chi connectivity index (χ2v) is 4.33. The number of methoxy groups -OCH3 is 1. The van der Waals surface area contributed by atoms with Crippen LogP contribution in [0.25, 0.3) is 0 Å². The number of nitrogens with zero attached hydrogens (tertiary/aromatic N) is 1. The first-order valence-corrected chi connectivity index (χ1v) is 5.74. The van der Waals surface area contributed by atoms with Gasteiger partial charge in [0, 0.05) is 6.42 Å². The molecule has 4 heteroatoms. The maximum absolute atomic E-state index is 6.08. The summed E-state index contributed by atoms with van der Waals surface area (Å²) in [7, 11) is 1.61. The Morgan fingerprint density at radius 1 is 1.50 bits per heavy atom. The van der Waals surface area contributed by atoms with E-state index in [1.165, 1.54) is 0 Å². The van der Waals surface area contributed by atoms with Crippen LogP contribution in [0, 0.1) is 0 Å². The number of rotatable bonds is 2. The highest BCUT2D eigenvalue weighted by Crippen LogP contribution is 2.32. The summed E-state index contributed by atoms with van der Waals surface area (Å²) in [5.74, 6) is 1.43. The van der Waals surface area contributed by atoms with Gasteiger partial charge < -0.3 is 10.5 Å². The summed E-state index contributed by atoms with van der Waals surface area (Å²) in [6, 6.07) is 5.93. The van der Waals surface area contributed by atoms with E-state index in [0.717, 1.165) is 30.7 Å². The number of benzene rings is 1. The Balaban J connectivity index is 2.27. The molecule has 16 heavy (non-hydrogen) atoms. The van der Waals surface area contributed by atoms with Crippen molar-refractivity contribution < 1.29 is 4.74 Å². The van der Waals surface area contributed by atoms with Gasteiger partial charge in [-0.1, -0.05) is 17.7 Å². The summed E-state index contributed by atoms with van der Waals surface area (Å²) in [6.45, 7) is 0. The van der Waals surface area contributed by atoms with Crippen molar-refractivity contribution in [1.82, 2.24) is 0 Å². The van der Waals surface area contributed by atoms with Crippen LogP contribution in [0.1, 0.15) is 30.9 Å². The Morgan fingerprint density at radius 3 is 2.94 bits per heavy atom. The van der Waals surface area contributed by atoms with Crippen LogP contribution in [-0.4, -0.2) is 12.9 Å². The molecule has 1 heterocycles. The molecule has 3 nitrogen and oxygen atoms in total. The molecular weight excluding hydrogens is 224 g/mol. The van der Waals surface area contributed by atoms with Gasteiger partial charge >= 0.3 is 0 Å². The fraction of sp³-hybridized carbons (Fsp3) is 0.417. The molecule has 0 amide bonds. The van der Waals surface area contributed by atoms with Gasteiger partial charge in [-0.2, -0.15) is 0 Å². The molecule has 0 radical (unpaired) electrons. The molecule has 1 aliphatic rings. The maximum Gasteiger partial charge on any atom is 0.137 e. The van der Waals surface area contributed by atoms with Gasteiger partial charge in [-0.05, 0) is 30.5 Å². The number of hydrogen-bond donors (Lipinski definition) is 1. The van der Waals surface area contributed by atoms with Crippen molar-refractivity contribution in [2.45, 2.75) is 25.3 Å². The molecule has 1 aromatic rings. The Kier molecular flexibility index (Phi) is 3.34. The monoisotopic (exact) mass is 238 g/mol. The van der Waals surface area contributed by atoms with E-state index in [2.05, 4.69) is 4.99 Å². The lowest BCUT2D eigenvalue weighted by atomic mass is 9.98. The standard InChI is InChI=1S/C12H15ClN2O/c1-16-11-6-5-8(7-9(11)13)10-3-2-4-12(14)15-10/h5-7,10H,2-4H2,1H3,(H2,14,15)/t10-/m1/s1. The van der Waals surface area contributed by atoms with Gasteiger partial charge in [-0.3, -0.25) is 4.99 Å². The second-order valence-electron chi connectivity index (χ2n) is 3.92. The molecule has 2 N–H and O–H groups in total. The van der Waals surface area contributed by atoms with E-state index < -0.39 is 0 Å². The van der Waals surface area contributed by atoms with E-state index in [9.17, 15) is 0 Å². The van der Waals surface area contributed by atoms with Crippen LogP contribution in [-0.2, 0) is 0 Å². The zero-order valence-corrected chi connectivity index (χ0v) is 10.00. The number of amidine groups is 1. The molecule has 0 saturated carbocycles. The van der Waals surface area contributed by atoms with Crippen molar-refractivity contribution in [1.29, 1.82) is 0 Å². The molecule has 86 valence electrons. The number of halogens is 1. The minimum absolute atomic E-state index is 0.150. The first kappa shape index (κ1) is 11.3. The molecule has 0 aliphatic carbocycles. The van der Waals surface area contributed by atoms with E-state index in [4.69, 9.17) is 22.1 Å². The van der Waals surface area contributed by atoms with E-state index >= 15 is 0 Å². The minimum Gasteiger partial charge on any atom is -0.495 e. The second kappa shape index (κ2) is 4.74. The van der Waals surface area contributed by atoms with Gasteiger partial charge in [0.2, 0.25) is 0 Å². The quantitative estimate of drug-likeness (QED) is 0.861. The lowest BCUT2D eigenvalue weighted by molar-refractivity contribution is 0.414. The minimum atomic E-state index is 0.150. The van der Waals surface area contributed by atoms with Gasteiger partial charge in [0.05, 0.1) is 24.0 Å². The normalized spacial score (nSPS) is 20.4. The third-order valence-corrected chi connectivity index (χ3v) is 3.09. The molecule has 0 saturated heterocycles. The van der Waals surface area contributed by atoms with E-state index in [0.29, 0.717) is 10.8 Å². The zero-order valence-electron chi connectivity index (χ0n) is 9.24. The third-order valence-electron chi connectivity index (χ3n) is 2.79. The van der Waals surface area contributed by atoms with Gasteiger partial charge in [0.25, 0.3) is 0 Å². The van der Waals surface area contributed by atoms with Crippen LogP contribution >= 0.6 is 11.6 Å². The smallest absolute Gasteiger partial charge is 0.137 e. The SMILES string of the molecule is COc1ccc([C@H]2CCCC(N)=N2)cc1Cl. The highest BCUT2D eigenvalue weighted by atomic mass is 35.5. The molecule has 0 aromatic heterocycles. The Bertz CT molecular complexity index is 417. The van der Waals surface area contributed by atoms with Crippen molar-refractivity contribution in [2.24, 2.45) is 10.7 Å². The first-order chi connectivity index (χ1) is 7.70. The van der Waals surface area contributed by atoms with E-state index in [1.54, 1.807) is 7.11 Å². The summed E-state index contributed by atoms with van der Waals surface area (Å²) in [5.41, 5.74) is 6.85. The van der Waals surface area contributed by atoms with Crippen molar-refractivity contribution in [3.05, 3.63) is 28.8 Å². The first-order valence-electron chi connectivity index (χ1n) is 5.36. The van der Waals surface area contributed by atoms with Crippen molar-refractivity contribution in [3.8, 4) is 5.75 Å². The predicted molar refractivity (Wildman–Crippen MR) is 66.2 cm³/mol. The largest absolute Gasteiger partial charge is 0.495 e. The predicted octanol–water partition coefficient (Wildman–Crippen LogP) is 2.93. The average molecular weight is 239 g/mol. The molecule has 0 unspecified atom stereocenters. The topological polar surface area (TPSA) is 47.6 Å². The summed E-state index contributed by atoms with van der Waals surface area (Å²) >= 11 is 6.08. The number of aliphatic imine (C=N–C) groups is 1. The number of ether oxygens (including phenoxy) is 1. The van der Waals surface area contributed by atoms with Crippen LogP contribution in [0.4, 0.5) is 0 Å². The van der Waals surface area contributed by atoms with Crippen LogP contribution < -0.4 is 10.5 Å². The molecule has 0 bridgehead atoms. The summed E-state index contributed by atoms with van der Waals surface area (Å²) in [6.07, 6.45) is 3.02. The number of hydrogen-bond acceptors (Lipinski definition) is 3. The average Bonchev–Trinajstić information content (AvgIpc) is 2.29. The Labute approximate surface area is 100 Å². The van der Waals surface area contributed by atoms with Crippen LogP contribution in [0.5, 0.6) is 5.75 Å². The van der Waals surface area contributed by atoms with Gasteiger partial charge in [0.1, 0.15) is 5.75 Å². The lowest BCUT2D eigenvalue weighted by Crippen LogP contribution is -2.18. The molecule has 2 rings (SSSR count). The maximum atomic E-state index is 6.08. The highest BCUT2D eigenvalue weighted by Gasteiger charge is 2.16.